The van der Waals surface area contributed by atoms with E-state index < -0.39 is 10.2 Å². The van der Waals surface area contributed by atoms with Gasteiger partial charge in [0, 0.05) is 32.2 Å². The van der Waals surface area contributed by atoms with Crippen LogP contribution in [0.15, 0.2) is 30.3 Å². The number of halogens is 1. The Balaban J connectivity index is 0.00000242. The van der Waals surface area contributed by atoms with Crippen LogP contribution in [0, 0.1) is 0 Å². The summed E-state index contributed by atoms with van der Waals surface area (Å²) in [5.74, 6) is 0. The fraction of sp³-hybridized carbons (Fsp3) is 0.600. The summed E-state index contributed by atoms with van der Waals surface area (Å²) in [5.41, 5.74) is 1.02. The summed E-state index contributed by atoms with van der Waals surface area (Å²) in [6, 6.07) is 10.00. The lowest BCUT2D eigenvalue weighted by Crippen LogP contribution is -2.51. The molecule has 2 rings (SSSR count). The average molecular weight is 348 g/mol. The molecule has 0 radical (unpaired) electrons. The van der Waals surface area contributed by atoms with Crippen molar-refractivity contribution in [2.45, 2.75) is 32.4 Å². The monoisotopic (exact) mass is 347 g/mol. The van der Waals surface area contributed by atoms with Crippen molar-refractivity contribution in [3.63, 3.8) is 0 Å². The van der Waals surface area contributed by atoms with Crippen LogP contribution in [-0.4, -0.2) is 49.8 Å². The quantitative estimate of drug-likeness (QED) is 0.854. The Kier molecular flexibility index (Phi) is 7.79. The van der Waals surface area contributed by atoms with Crippen molar-refractivity contribution >= 4 is 22.6 Å². The van der Waals surface area contributed by atoms with E-state index in [-0.39, 0.29) is 18.4 Å². The number of nitrogens with zero attached hydrogens (tertiary/aromatic N) is 2. The second-order valence-electron chi connectivity index (χ2n) is 5.41. The van der Waals surface area contributed by atoms with Gasteiger partial charge in [0.05, 0.1) is 0 Å². The lowest BCUT2D eigenvalue weighted by molar-refractivity contribution is 0.267. The van der Waals surface area contributed by atoms with E-state index in [4.69, 9.17) is 0 Å². The summed E-state index contributed by atoms with van der Waals surface area (Å²) >= 11 is 0. The fourth-order valence-electron chi connectivity index (χ4n) is 2.69. The Morgan fingerprint density at radius 3 is 2.59 bits per heavy atom. The molecule has 0 aromatic heterocycles. The molecular weight excluding hydrogens is 322 g/mol. The van der Waals surface area contributed by atoms with Crippen LogP contribution in [0.5, 0.6) is 0 Å². The molecule has 1 N–H and O–H groups in total. The van der Waals surface area contributed by atoms with E-state index in [1.165, 1.54) is 0 Å². The SMILES string of the molecule is CCN(Cc1ccccc1)S(=O)(=O)N1CCCC(NC)C1.Cl. The third kappa shape index (κ3) is 4.67. The van der Waals surface area contributed by atoms with E-state index in [2.05, 4.69) is 5.32 Å². The zero-order valence-electron chi connectivity index (χ0n) is 13.2. The average Bonchev–Trinajstić information content (AvgIpc) is 2.53. The van der Waals surface area contributed by atoms with E-state index in [1.54, 1.807) is 8.61 Å². The van der Waals surface area contributed by atoms with Gasteiger partial charge in [0.25, 0.3) is 10.2 Å². The first-order valence-electron chi connectivity index (χ1n) is 7.54. The number of hydrogen-bond donors (Lipinski definition) is 1. The molecule has 0 aliphatic carbocycles. The van der Waals surface area contributed by atoms with E-state index in [1.807, 2.05) is 44.3 Å². The molecule has 1 aliphatic heterocycles. The molecular formula is C15H26ClN3O2S. The minimum absolute atomic E-state index is 0. The standard InChI is InChI=1S/C15H25N3O2S.ClH/c1-3-17(12-14-8-5-4-6-9-14)21(19,20)18-11-7-10-15(13-18)16-2;/h4-6,8-9,15-16H,3,7,10-13H2,1-2H3;1H. The summed E-state index contributed by atoms with van der Waals surface area (Å²) in [4.78, 5) is 0. The van der Waals surface area contributed by atoms with E-state index in [0.29, 0.717) is 26.2 Å². The number of benzene rings is 1. The summed E-state index contributed by atoms with van der Waals surface area (Å²) in [6.45, 7) is 3.98. The molecule has 0 bridgehead atoms. The molecule has 1 aromatic rings. The molecule has 0 saturated carbocycles. The number of likely N-dealkylation sites (N-methyl/N-ethyl adjacent to an activating group) is 1. The first-order chi connectivity index (χ1) is 10.1. The molecule has 5 nitrogen and oxygen atoms in total. The largest absolute Gasteiger partial charge is 0.316 e. The maximum Gasteiger partial charge on any atom is 0.282 e. The summed E-state index contributed by atoms with van der Waals surface area (Å²) in [6.07, 6.45) is 1.95. The summed E-state index contributed by atoms with van der Waals surface area (Å²) < 4.78 is 28.8. The molecule has 126 valence electrons. The molecule has 1 heterocycles. The van der Waals surface area contributed by atoms with Gasteiger partial charge in [-0.3, -0.25) is 0 Å². The third-order valence-electron chi connectivity index (χ3n) is 4.00. The molecule has 1 saturated heterocycles. The highest BCUT2D eigenvalue weighted by molar-refractivity contribution is 7.86. The van der Waals surface area contributed by atoms with Gasteiger partial charge in [0.1, 0.15) is 0 Å². The normalized spacial score (nSPS) is 19.9. The van der Waals surface area contributed by atoms with Crippen LogP contribution in [0.25, 0.3) is 0 Å². The van der Waals surface area contributed by atoms with Gasteiger partial charge >= 0.3 is 0 Å². The van der Waals surface area contributed by atoms with E-state index >= 15 is 0 Å². The summed E-state index contributed by atoms with van der Waals surface area (Å²) in [7, 11) is -1.50. The number of piperidine rings is 1. The van der Waals surface area contributed by atoms with Crippen molar-refractivity contribution in [2.75, 3.05) is 26.7 Å². The van der Waals surface area contributed by atoms with Gasteiger partial charge in [0.15, 0.2) is 0 Å². The highest BCUT2D eigenvalue weighted by atomic mass is 35.5. The van der Waals surface area contributed by atoms with Gasteiger partial charge in [-0.1, -0.05) is 37.3 Å². The summed E-state index contributed by atoms with van der Waals surface area (Å²) in [5, 5.41) is 3.19. The highest BCUT2D eigenvalue weighted by Gasteiger charge is 2.32. The van der Waals surface area contributed by atoms with Crippen molar-refractivity contribution in [3.8, 4) is 0 Å². The van der Waals surface area contributed by atoms with E-state index in [0.717, 1.165) is 18.4 Å². The zero-order chi connectivity index (χ0) is 15.3. The molecule has 7 heteroatoms. The smallest absolute Gasteiger partial charge is 0.282 e. The highest BCUT2D eigenvalue weighted by Crippen LogP contribution is 2.18. The molecule has 22 heavy (non-hydrogen) atoms. The Hall–Kier alpha value is -0.660. The van der Waals surface area contributed by atoms with E-state index in [9.17, 15) is 8.42 Å². The molecule has 1 unspecified atom stereocenters. The molecule has 1 atom stereocenters. The van der Waals surface area contributed by atoms with Crippen LogP contribution < -0.4 is 5.32 Å². The molecule has 0 amide bonds. The van der Waals surface area contributed by atoms with Crippen molar-refractivity contribution in [1.29, 1.82) is 0 Å². The first-order valence-corrected chi connectivity index (χ1v) is 8.94. The minimum Gasteiger partial charge on any atom is -0.316 e. The topological polar surface area (TPSA) is 52.7 Å². The predicted molar refractivity (Wildman–Crippen MR) is 92.3 cm³/mol. The Morgan fingerprint density at radius 1 is 1.32 bits per heavy atom. The number of rotatable bonds is 6. The number of nitrogens with one attached hydrogen (secondary N) is 1. The van der Waals surface area contributed by atoms with Crippen molar-refractivity contribution in [3.05, 3.63) is 35.9 Å². The lowest BCUT2D eigenvalue weighted by atomic mass is 10.1. The first kappa shape index (κ1) is 19.4. The second kappa shape index (κ2) is 8.84. The fourth-order valence-corrected chi connectivity index (χ4v) is 4.39. The van der Waals surface area contributed by atoms with Gasteiger partial charge in [-0.2, -0.15) is 17.0 Å². The van der Waals surface area contributed by atoms with Crippen molar-refractivity contribution < 1.29 is 8.42 Å². The van der Waals surface area contributed by atoms with Crippen molar-refractivity contribution in [2.24, 2.45) is 0 Å². The van der Waals surface area contributed by atoms with Gasteiger partial charge in [-0.05, 0) is 25.5 Å². The van der Waals surface area contributed by atoms with Gasteiger partial charge in [-0.25, -0.2) is 0 Å². The minimum atomic E-state index is -3.39. The molecule has 1 aliphatic rings. The Bertz CT molecular complexity index is 539. The maximum absolute atomic E-state index is 12.8. The molecule has 1 aromatic carbocycles. The number of hydrogen-bond acceptors (Lipinski definition) is 3. The van der Waals surface area contributed by atoms with Crippen LogP contribution in [0.1, 0.15) is 25.3 Å². The predicted octanol–water partition coefficient (Wildman–Crippen LogP) is 1.86. The van der Waals surface area contributed by atoms with Gasteiger partial charge in [0.2, 0.25) is 0 Å². The Labute approximate surface area is 140 Å². The zero-order valence-corrected chi connectivity index (χ0v) is 14.9. The van der Waals surface area contributed by atoms with Crippen LogP contribution >= 0.6 is 12.4 Å². The lowest BCUT2D eigenvalue weighted by Gasteiger charge is -2.35. The second-order valence-corrected chi connectivity index (χ2v) is 7.33. The van der Waals surface area contributed by atoms with Gasteiger partial charge in [-0.15, -0.1) is 12.4 Å². The Morgan fingerprint density at radius 2 is 2.00 bits per heavy atom. The molecule has 1 fully saturated rings. The maximum atomic E-state index is 12.8. The van der Waals surface area contributed by atoms with Crippen LogP contribution in [0.2, 0.25) is 0 Å². The van der Waals surface area contributed by atoms with Crippen LogP contribution in [0.4, 0.5) is 0 Å². The van der Waals surface area contributed by atoms with Gasteiger partial charge < -0.3 is 5.32 Å². The van der Waals surface area contributed by atoms with Crippen LogP contribution in [-0.2, 0) is 16.8 Å². The third-order valence-corrected chi connectivity index (χ3v) is 6.02. The van der Waals surface area contributed by atoms with Crippen molar-refractivity contribution in [1.82, 2.24) is 13.9 Å². The van der Waals surface area contributed by atoms with Crippen LogP contribution in [0.3, 0.4) is 0 Å². The molecule has 0 spiro atoms.